The van der Waals surface area contributed by atoms with Gasteiger partial charge in [0.05, 0.1) is 5.69 Å². The Morgan fingerprint density at radius 3 is 3.15 bits per heavy atom. The molecule has 0 saturated carbocycles. The normalized spacial score (nSPS) is 21.6. The third-order valence-corrected chi connectivity index (χ3v) is 3.23. The molecule has 4 heteroatoms. The first-order chi connectivity index (χ1) is 6.22. The summed E-state index contributed by atoms with van der Waals surface area (Å²) in [5.41, 5.74) is 8.45. The Morgan fingerprint density at radius 2 is 2.46 bits per heavy atom. The molecular formula is C9H14BrN3. The van der Waals surface area contributed by atoms with Gasteiger partial charge in [-0.05, 0) is 28.8 Å². The van der Waals surface area contributed by atoms with E-state index >= 15 is 0 Å². The lowest BCUT2D eigenvalue weighted by Crippen LogP contribution is -2.31. The fourth-order valence-corrected chi connectivity index (χ4v) is 2.49. The van der Waals surface area contributed by atoms with Crippen molar-refractivity contribution in [1.82, 2.24) is 9.55 Å². The van der Waals surface area contributed by atoms with Gasteiger partial charge in [0.2, 0.25) is 0 Å². The van der Waals surface area contributed by atoms with Crippen molar-refractivity contribution in [3.8, 4) is 0 Å². The molecule has 0 aliphatic carbocycles. The van der Waals surface area contributed by atoms with Crippen molar-refractivity contribution in [3.63, 3.8) is 0 Å². The van der Waals surface area contributed by atoms with E-state index in [1.54, 1.807) is 0 Å². The standard InChI is InChI=1S/C9H14BrN3/c1-2-7-8-5-6(11)3-4-13(8)9(10)12-7/h6H,2-5,11H2,1H3. The summed E-state index contributed by atoms with van der Waals surface area (Å²) in [7, 11) is 0. The van der Waals surface area contributed by atoms with Gasteiger partial charge in [0.25, 0.3) is 0 Å². The minimum Gasteiger partial charge on any atom is -0.327 e. The van der Waals surface area contributed by atoms with E-state index < -0.39 is 0 Å². The van der Waals surface area contributed by atoms with Gasteiger partial charge in [-0.2, -0.15) is 0 Å². The van der Waals surface area contributed by atoms with E-state index in [0.29, 0.717) is 6.04 Å². The summed E-state index contributed by atoms with van der Waals surface area (Å²) in [6.45, 7) is 3.14. The predicted octanol–water partition coefficient (Wildman–Crippen LogP) is 1.48. The van der Waals surface area contributed by atoms with Gasteiger partial charge < -0.3 is 10.3 Å². The number of rotatable bonds is 1. The molecule has 1 aliphatic heterocycles. The highest BCUT2D eigenvalue weighted by atomic mass is 79.9. The number of fused-ring (bicyclic) bond motifs is 1. The third-order valence-electron chi connectivity index (χ3n) is 2.62. The quantitative estimate of drug-likeness (QED) is 0.813. The number of halogens is 1. The van der Waals surface area contributed by atoms with Crippen LogP contribution in [0.3, 0.4) is 0 Å². The molecule has 72 valence electrons. The van der Waals surface area contributed by atoms with E-state index in [2.05, 4.69) is 32.4 Å². The molecule has 2 rings (SSSR count). The van der Waals surface area contributed by atoms with E-state index in [4.69, 9.17) is 5.73 Å². The lowest BCUT2D eigenvalue weighted by molar-refractivity contribution is 0.464. The minimum atomic E-state index is 0.321. The molecule has 1 aromatic rings. The molecule has 0 bridgehead atoms. The fourth-order valence-electron chi connectivity index (χ4n) is 1.89. The van der Waals surface area contributed by atoms with Crippen LogP contribution in [0.2, 0.25) is 0 Å². The van der Waals surface area contributed by atoms with E-state index in [9.17, 15) is 0 Å². The van der Waals surface area contributed by atoms with Gasteiger partial charge in [-0.15, -0.1) is 0 Å². The number of aryl methyl sites for hydroxylation is 1. The van der Waals surface area contributed by atoms with Crippen molar-refractivity contribution in [2.45, 2.75) is 38.8 Å². The predicted molar refractivity (Wildman–Crippen MR) is 55.6 cm³/mol. The van der Waals surface area contributed by atoms with Gasteiger partial charge in [-0.1, -0.05) is 6.92 Å². The molecule has 3 nitrogen and oxygen atoms in total. The SMILES string of the molecule is CCc1nc(Br)n2c1CC(N)CC2. The number of nitrogens with zero attached hydrogens (tertiary/aromatic N) is 2. The Balaban J connectivity index is 2.43. The van der Waals surface area contributed by atoms with Gasteiger partial charge in [0.1, 0.15) is 0 Å². The van der Waals surface area contributed by atoms with Crippen LogP contribution in [-0.4, -0.2) is 15.6 Å². The zero-order chi connectivity index (χ0) is 9.42. The Bertz CT molecular complexity index is 319. The second-order valence-corrected chi connectivity index (χ2v) is 4.24. The average molecular weight is 244 g/mol. The zero-order valence-electron chi connectivity index (χ0n) is 7.76. The first-order valence-corrected chi connectivity index (χ1v) is 5.51. The maximum absolute atomic E-state index is 5.93. The topological polar surface area (TPSA) is 43.8 Å². The van der Waals surface area contributed by atoms with Crippen molar-refractivity contribution in [3.05, 3.63) is 16.1 Å². The van der Waals surface area contributed by atoms with Crippen molar-refractivity contribution < 1.29 is 0 Å². The van der Waals surface area contributed by atoms with Crippen molar-refractivity contribution >= 4 is 15.9 Å². The van der Waals surface area contributed by atoms with Crippen LogP contribution in [0.1, 0.15) is 24.7 Å². The van der Waals surface area contributed by atoms with Crippen LogP contribution in [0.15, 0.2) is 4.73 Å². The van der Waals surface area contributed by atoms with Crippen LogP contribution in [0.4, 0.5) is 0 Å². The number of nitrogens with two attached hydrogens (primary N) is 1. The molecule has 0 saturated heterocycles. The Morgan fingerprint density at radius 1 is 1.69 bits per heavy atom. The zero-order valence-corrected chi connectivity index (χ0v) is 9.34. The molecule has 0 aromatic carbocycles. The average Bonchev–Trinajstić information content (AvgIpc) is 2.42. The lowest BCUT2D eigenvalue weighted by atomic mass is 10.0. The molecule has 2 heterocycles. The second kappa shape index (κ2) is 3.42. The maximum atomic E-state index is 5.93. The molecule has 1 aromatic heterocycles. The molecule has 13 heavy (non-hydrogen) atoms. The smallest absolute Gasteiger partial charge is 0.177 e. The summed E-state index contributed by atoms with van der Waals surface area (Å²) >= 11 is 3.47. The number of imidazole rings is 1. The van der Waals surface area contributed by atoms with E-state index in [-0.39, 0.29) is 0 Å². The Hall–Kier alpha value is -0.350. The molecule has 0 fully saturated rings. The number of aromatic nitrogens is 2. The van der Waals surface area contributed by atoms with Gasteiger partial charge in [-0.25, -0.2) is 4.98 Å². The van der Waals surface area contributed by atoms with E-state index in [0.717, 1.165) is 30.5 Å². The van der Waals surface area contributed by atoms with Crippen molar-refractivity contribution in [2.24, 2.45) is 5.73 Å². The maximum Gasteiger partial charge on any atom is 0.177 e. The van der Waals surface area contributed by atoms with Crippen molar-refractivity contribution in [2.75, 3.05) is 0 Å². The minimum absolute atomic E-state index is 0.321. The molecule has 0 amide bonds. The number of hydrogen-bond acceptors (Lipinski definition) is 2. The monoisotopic (exact) mass is 243 g/mol. The highest BCUT2D eigenvalue weighted by Crippen LogP contribution is 2.23. The van der Waals surface area contributed by atoms with Gasteiger partial charge in [0.15, 0.2) is 4.73 Å². The molecule has 1 atom stereocenters. The van der Waals surface area contributed by atoms with Crippen LogP contribution in [0.5, 0.6) is 0 Å². The second-order valence-electron chi connectivity index (χ2n) is 3.53. The fraction of sp³-hybridized carbons (Fsp3) is 0.667. The molecule has 1 unspecified atom stereocenters. The highest BCUT2D eigenvalue weighted by Gasteiger charge is 2.21. The summed E-state index contributed by atoms with van der Waals surface area (Å²) in [6, 6.07) is 0.321. The largest absolute Gasteiger partial charge is 0.327 e. The summed E-state index contributed by atoms with van der Waals surface area (Å²) in [5, 5.41) is 0. The molecule has 1 aliphatic rings. The Labute approximate surface area is 86.5 Å². The van der Waals surface area contributed by atoms with Gasteiger partial charge in [-0.3, -0.25) is 0 Å². The highest BCUT2D eigenvalue weighted by molar-refractivity contribution is 9.10. The van der Waals surface area contributed by atoms with E-state index in [1.165, 1.54) is 11.4 Å². The van der Waals surface area contributed by atoms with Crippen LogP contribution in [0, 0.1) is 0 Å². The molecule has 2 N–H and O–H groups in total. The van der Waals surface area contributed by atoms with Gasteiger partial charge in [0, 0.05) is 24.7 Å². The summed E-state index contributed by atoms with van der Waals surface area (Å²) in [6.07, 6.45) is 3.03. The van der Waals surface area contributed by atoms with Crippen LogP contribution in [-0.2, 0) is 19.4 Å². The number of hydrogen-bond donors (Lipinski definition) is 1. The Kier molecular flexibility index (Phi) is 2.43. The van der Waals surface area contributed by atoms with E-state index in [1.807, 2.05) is 0 Å². The first-order valence-electron chi connectivity index (χ1n) is 4.71. The first kappa shape index (κ1) is 9.21. The van der Waals surface area contributed by atoms with Crippen molar-refractivity contribution in [1.29, 1.82) is 0 Å². The molecule has 0 radical (unpaired) electrons. The lowest BCUT2D eigenvalue weighted by Gasteiger charge is -2.21. The summed E-state index contributed by atoms with van der Waals surface area (Å²) in [5.74, 6) is 0. The summed E-state index contributed by atoms with van der Waals surface area (Å²) in [4.78, 5) is 4.47. The third kappa shape index (κ3) is 1.53. The summed E-state index contributed by atoms with van der Waals surface area (Å²) < 4.78 is 3.20. The van der Waals surface area contributed by atoms with Crippen LogP contribution >= 0.6 is 15.9 Å². The molecule has 0 spiro atoms. The van der Waals surface area contributed by atoms with Crippen LogP contribution < -0.4 is 5.73 Å². The molecular weight excluding hydrogens is 230 g/mol. The van der Waals surface area contributed by atoms with Gasteiger partial charge >= 0.3 is 0 Å². The van der Waals surface area contributed by atoms with Crippen LogP contribution in [0.25, 0.3) is 0 Å².